The van der Waals surface area contributed by atoms with Crippen molar-refractivity contribution >= 4 is 13.1 Å². The zero-order valence-electron chi connectivity index (χ0n) is 14.7. The quantitative estimate of drug-likeness (QED) is 0.585. The third-order valence-electron chi connectivity index (χ3n) is 4.87. The minimum Gasteiger partial charge on any atom is -0.396 e. The van der Waals surface area contributed by atoms with Crippen LogP contribution in [0.2, 0.25) is 0 Å². The molecule has 1 fully saturated rings. The Morgan fingerprint density at radius 3 is 2.83 bits per heavy atom. The van der Waals surface area contributed by atoms with Crippen LogP contribution in [0, 0.1) is 5.41 Å². The highest BCUT2D eigenvalue weighted by Crippen LogP contribution is 2.36. The predicted octanol–water partition coefficient (Wildman–Crippen LogP) is 3.67. The normalized spacial score (nSPS) is 22.1. The van der Waals surface area contributed by atoms with Crippen LogP contribution in [0.3, 0.4) is 0 Å². The van der Waals surface area contributed by atoms with E-state index in [4.69, 9.17) is 0 Å². The number of nitrogens with zero attached hydrogens (tertiary/aromatic N) is 3. The van der Waals surface area contributed by atoms with Gasteiger partial charge in [0.25, 0.3) is 0 Å². The minimum atomic E-state index is -0.0293. The fourth-order valence-electron chi connectivity index (χ4n) is 3.57. The molecule has 4 heteroatoms. The number of hydrogen-bond acceptors (Lipinski definition) is 3. The third-order valence-corrected chi connectivity index (χ3v) is 4.87. The van der Waals surface area contributed by atoms with E-state index in [-0.39, 0.29) is 12.0 Å². The summed E-state index contributed by atoms with van der Waals surface area (Å²) in [6.07, 6.45) is 8.85. The van der Waals surface area contributed by atoms with Crippen molar-refractivity contribution in [2.45, 2.75) is 39.0 Å². The number of hydrogen-bond donors (Lipinski definition) is 1. The summed E-state index contributed by atoms with van der Waals surface area (Å²) in [5, 5.41) is 10.1. The standard InChI is InChI=1S/C20H29N3O/c1-3-19(22-17-21-2)23-14-8-13-20(15-23,16-24)12-7-11-18-9-5-4-6-10-18/h3-6,9-10,17,24H,2,7-8,11-16H2,1H3/b19-3+,22-17?. The van der Waals surface area contributed by atoms with Crippen molar-refractivity contribution in [1.29, 1.82) is 0 Å². The molecule has 1 heterocycles. The van der Waals surface area contributed by atoms with Crippen LogP contribution in [-0.2, 0) is 6.42 Å². The molecular formula is C20H29N3O. The topological polar surface area (TPSA) is 48.2 Å². The molecule has 4 nitrogen and oxygen atoms in total. The summed E-state index contributed by atoms with van der Waals surface area (Å²) in [7, 11) is 0. The van der Waals surface area contributed by atoms with Crippen LogP contribution < -0.4 is 0 Å². The Kier molecular flexibility index (Phi) is 7.19. The molecule has 1 atom stereocenters. The van der Waals surface area contributed by atoms with Gasteiger partial charge in [-0.25, -0.2) is 4.99 Å². The SMILES string of the molecule is C=NC=N/C(=C\C)N1CCCC(CO)(CCCc2ccccc2)C1. The van der Waals surface area contributed by atoms with E-state index in [1.807, 2.05) is 13.0 Å². The van der Waals surface area contributed by atoms with E-state index in [9.17, 15) is 5.11 Å². The zero-order valence-corrected chi connectivity index (χ0v) is 14.7. The van der Waals surface area contributed by atoms with Gasteiger partial charge in [-0.05, 0) is 57.4 Å². The van der Waals surface area contributed by atoms with Crippen LogP contribution in [-0.4, -0.2) is 42.8 Å². The maximum absolute atomic E-state index is 10.1. The summed E-state index contributed by atoms with van der Waals surface area (Å²) in [4.78, 5) is 10.3. The highest BCUT2D eigenvalue weighted by molar-refractivity contribution is 5.63. The molecule has 130 valence electrons. The van der Waals surface area contributed by atoms with E-state index in [1.54, 1.807) is 0 Å². The lowest BCUT2D eigenvalue weighted by Crippen LogP contribution is -2.44. The van der Waals surface area contributed by atoms with Gasteiger partial charge in [0.15, 0.2) is 0 Å². The number of aliphatic hydroxyl groups is 1. The molecule has 1 unspecified atom stereocenters. The molecule has 0 spiro atoms. The van der Waals surface area contributed by atoms with E-state index in [2.05, 4.69) is 51.9 Å². The molecule has 0 bridgehead atoms. The largest absolute Gasteiger partial charge is 0.396 e. The second-order valence-electron chi connectivity index (χ2n) is 6.60. The van der Waals surface area contributed by atoms with E-state index in [0.717, 1.165) is 51.0 Å². The smallest absolute Gasteiger partial charge is 0.126 e. The van der Waals surface area contributed by atoms with Crippen molar-refractivity contribution in [2.75, 3.05) is 19.7 Å². The monoisotopic (exact) mass is 327 g/mol. The van der Waals surface area contributed by atoms with E-state index >= 15 is 0 Å². The molecular weight excluding hydrogens is 298 g/mol. The first-order chi connectivity index (χ1) is 11.7. The lowest BCUT2D eigenvalue weighted by Gasteiger charge is -2.43. The maximum Gasteiger partial charge on any atom is 0.126 e. The van der Waals surface area contributed by atoms with Crippen LogP contribution in [0.5, 0.6) is 0 Å². The van der Waals surface area contributed by atoms with E-state index < -0.39 is 0 Å². The summed E-state index contributed by atoms with van der Waals surface area (Å²) >= 11 is 0. The van der Waals surface area contributed by atoms with Crippen LogP contribution in [0.4, 0.5) is 0 Å². The van der Waals surface area contributed by atoms with Gasteiger partial charge in [-0.3, -0.25) is 4.99 Å². The lowest BCUT2D eigenvalue weighted by molar-refractivity contribution is 0.0375. The van der Waals surface area contributed by atoms with Crippen LogP contribution in [0.15, 0.2) is 52.2 Å². The van der Waals surface area contributed by atoms with Gasteiger partial charge in [-0.1, -0.05) is 30.3 Å². The van der Waals surface area contributed by atoms with Gasteiger partial charge in [0.2, 0.25) is 0 Å². The second-order valence-corrected chi connectivity index (χ2v) is 6.60. The van der Waals surface area contributed by atoms with Gasteiger partial charge in [0.1, 0.15) is 12.2 Å². The predicted molar refractivity (Wildman–Crippen MR) is 102 cm³/mol. The summed E-state index contributed by atoms with van der Waals surface area (Å²) in [5.74, 6) is 0.919. The van der Waals surface area contributed by atoms with Crippen molar-refractivity contribution in [3.05, 3.63) is 47.8 Å². The van der Waals surface area contributed by atoms with Crippen LogP contribution in [0.1, 0.15) is 38.2 Å². The Morgan fingerprint density at radius 2 is 2.17 bits per heavy atom. The Balaban J connectivity index is 1.97. The molecule has 2 rings (SSSR count). The fourth-order valence-corrected chi connectivity index (χ4v) is 3.57. The summed E-state index contributed by atoms with van der Waals surface area (Å²) in [6.45, 7) is 7.50. The molecule has 0 amide bonds. The lowest BCUT2D eigenvalue weighted by atomic mass is 9.76. The van der Waals surface area contributed by atoms with Gasteiger partial charge < -0.3 is 10.0 Å². The molecule has 1 aliphatic heterocycles. The van der Waals surface area contributed by atoms with Crippen molar-refractivity contribution in [2.24, 2.45) is 15.4 Å². The Labute approximate surface area is 145 Å². The first-order valence-electron chi connectivity index (χ1n) is 8.77. The molecule has 1 saturated heterocycles. The van der Waals surface area contributed by atoms with Gasteiger partial charge in [-0.15, -0.1) is 0 Å². The molecule has 1 N–H and O–H groups in total. The zero-order chi connectivity index (χ0) is 17.3. The van der Waals surface area contributed by atoms with Crippen molar-refractivity contribution in [3.63, 3.8) is 0 Å². The van der Waals surface area contributed by atoms with Gasteiger partial charge in [0, 0.05) is 18.5 Å². The number of aliphatic hydroxyl groups excluding tert-OH is 1. The highest BCUT2D eigenvalue weighted by atomic mass is 16.3. The van der Waals surface area contributed by atoms with Crippen molar-refractivity contribution in [1.82, 2.24) is 4.90 Å². The Morgan fingerprint density at radius 1 is 1.38 bits per heavy atom. The highest BCUT2D eigenvalue weighted by Gasteiger charge is 2.35. The summed E-state index contributed by atoms with van der Waals surface area (Å²) < 4.78 is 0. The maximum atomic E-state index is 10.1. The molecule has 0 aromatic heterocycles. The molecule has 1 aromatic rings. The minimum absolute atomic E-state index is 0.0293. The summed E-state index contributed by atoms with van der Waals surface area (Å²) in [6, 6.07) is 10.6. The first-order valence-corrected chi connectivity index (χ1v) is 8.77. The van der Waals surface area contributed by atoms with Crippen LogP contribution in [0.25, 0.3) is 0 Å². The molecule has 1 aliphatic rings. The molecule has 0 saturated carbocycles. The number of aryl methyl sites for hydroxylation is 1. The number of allylic oxidation sites excluding steroid dienone is 1. The second kappa shape index (κ2) is 9.38. The average molecular weight is 327 g/mol. The number of rotatable bonds is 8. The molecule has 0 aliphatic carbocycles. The number of benzene rings is 1. The van der Waals surface area contributed by atoms with Gasteiger partial charge in [0.05, 0.1) is 6.61 Å². The Hall–Kier alpha value is -1.94. The molecule has 24 heavy (non-hydrogen) atoms. The third kappa shape index (κ3) is 5.03. The van der Waals surface area contributed by atoms with Crippen molar-refractivity contribution < 1.29 is 5.11 Å². The molecule has 0 radical (unpaired) electrons. The Bertz CT molecular complexity index is 568. The van der Waals surface area contributed by atoms with E-state index in [1.165, 1.54) is 11.9 Å². The van der Waals surface area contributed by atoms with E-state index in [0.29, 0.717) is 0 Å². The summed E-state index contributed by atoms with van der Waals surface area (Å²) in [5.41, 5.74) is 1.34. The van der Waals surface area contributed by atoms with Gasteiger partial charge >= 0.3 is 0 Å². The van der Waals surface area contributed by atoms with Gasteiger partial charge in [-0.2, -0.15) is 0 Å². The fraction of sp³-hybridized carbons (Fsp3) is 0.500. The average Bonchev–Trinajstić information content (AvgIpc) is 2.63. The van der Waals surface area contributed by atoms with Crippen LogP contribution >= 0.6 is 0 Å². The number of likely N-dealkylation sites (tertiary alicyclic amines) is 1. The first kappa shape index (κ1) is 18.4. The van der Waals surface area contributed by atoms with Crippen molar-refractivity contribution in [3.8, 4) is 0 Å². The molecule has 1 aromatic carbocycles. The number of piperidine rings is 1. The number of aliphatic imine (C=N–C) groups is 2.